The van der Waals surface area contributed by atoms with E-state index in [2.05, 4.69) is 72.0 Å². The van der Waals surface area contributed by atoms with Crippen LogP contribution in [0.3, 0.4) is 0 Å². The van der Waals surface area contributed by atoms with Crippen LogP contribution in [0.2, 0.25) is 0 Å². The zero-order valence-electron chi connectivity index (χ0n) is 11.5. The highest BCUT2D eigenvalue weighted by atomic mass is 127. The van der Waals surface area contributed by atoms with Crippen LogP contribution in [0, 0.1) is 5.92 Å². The van der Waals surface area contributed by atoms with Crippen LogP contribution in [0.15, 0.2) is 46.6 Å². The maximum absolute atomic E-state index is 6.21. The Balaban J connectivity index is 1.71. The lowest BCUT2D eigenvalue weighted by Crippen LogP contribution is -2.37. The van der Waals surface area contributed by atoms with Crippen molar-refractivity contribution in [2.75, 3.05) is 0 Å². The average molecular weight is 382 g/mol. The Labute approximate surface area is 134 Å². The van der Waals surface area contributed by atoms with Gasteiger partial charge in [0.25, 0.3) is 0 Å². The first kappa shape index (κ1) is 14.3. The third-order valence-corrected chi connectivity index (χ3v) is 4.56. The van der Waals surface area contributed by atoms with Crippen LogP contribution >= 0.6 is 22.6 Å². The van der Waals surface area contributed by atoms with Crippen molar-refractivity contribution in [1.29, 1.82) is 0 Å². The Bertz CT molecular complexity index is 497. The van der Waals surface area contributed by atoms with Gasteiger partial charge in [-0.25, -0.2) is 0 Å². The maximum atomic E-state index is 6.21. The molecule has 106 valence electrons. The molecule has 20 heavy (non-hydrogen) atoms. The molecule has 0 N–H and O–H groups in total. The SMILES string of the molecule is C[C@H]1[C@H](/C=C/c2ccccc2)O[C@@H]2C[C@H]1O[C@@H]2/C=C/I. The summed E-state index contributed by atoms with van der Waals surface area (Å²) in [4.78, 5) is 0. The maximum Gasteiger partial charge on any atom is 0.103 e. The van der Waals surface area contributed by atoms with E-state index in [1.165, 1.54) is 5.56 Å². The van der Waals surface area contributed by atoms with Crippen LogP contribution in [0.4, 0.5) is 0 Å². The topological polar surface area (TPSA) is 18.5 Å². The Kier molecular flexibility index (Phi) is 4.58. The Hall–Kier alpha value is -0.650. The summed E-state index contributed by atoms with van der Waals surface area (Å²) < 4.78 is 14.3. The number of benzene rings is 1. The molecule has 0 unspecified atom stereocenters. The van der Waals surface area contributed by atoms with Gasteiger partial charge in [0.05, 0.1) is 18.3 Å². The number of halogens is 1. The number of hydrogen-bond donors (Lipinski definition) is 0. The monoisotopic (exact) mass is 382 g/mol. The number of ether oxygens (including phenoxy) is 2. The van der Waals surface area contributed by atoms with Crippen molar-refractivity contribution in [1.82, 2.24) is 0 Å². The molecule has 5 atom stereocenters. The molecule has 2 fully saturated rings. The largest absolute Gasteiger partial charge is 0.368 e. The quantitative estimate of drug-likeness (QED) is 0.730. The van der Waals surface area contributed by atoms with E-state index >= 15 is 0 Å². The summed E-state index contributed by atoms with van der Waals surface area (Å²) in [5, 5.41) is 0. The summed E-state index contributed by atoms with van der Waals surface area (Å²) >= 11 is 2.24. The van der Waals surface area contributed by atoms with Crippen LogP contribution in [-0.4, -0.2) is 24.4 Å². The zero-order chi connectivity index (χ0) is 13.9. The highest BCUT2D eigenvalue weighted by Gasteiger charge is 2.45. The van der Waals surface area contributed by atoms with Crippen molar-refractivity contribution >= 4 is 28.7 Å². The van der Waals surface area contributed by atoms with Gasteiger partial charge in [0.15, 0.2) is 0 Å². The molecule has 2 heterocycles. The molecule has 0 aromatic heterocycles. The fraction of sp³-hybridized carbons (Fsp3) is 0.412. The number of fused-ring (bicyclic) bond motifs is 2. The molecule has 3 rings (SSSR count). The predicted octanol–water partition coefficient (Wildman–Crippen LogP) is 4.21. The highest BCUT2D eigenvalue weighted by Crippen LogP contribution is 2.38. The molecule has 0 aliphatic carbocycles. The first-order valence-electron chi connectivity index (χ1n) is 7.09. The summed E-state index contributed by atoms with van der Waals surface area (Å²) in [7, 11) is 0. The lowest BCUT2D eigenvalue weighted by Gasteiger charge is -2.31. The molecule has 2 saturated heterocycles. The normalized spacial score (nSPS) is 37.0. The van der Waals surface area contributed by atoms with Gasteiger partial charge in [-0.05, 0) is 15.7 Å². The van der Waals surface area contributed by atoms with Crippen molar-refractivity contribution in [2.45, 2.75) is 37.8 Å². The van der Waals surface area contributed by atoms with Crippen LogP contribution in [0.1, 0.15) is 18.9 Å². The molecule has 0 spiro atoms. The third-order valence-electron chi connectivity index (χ3n) is 4.14. The van der Waals surface area contributed by atoms with Gasteiger partial charge in [-0.2, -0.15) is 0 Å². The average Bonchev–Trinajstić information content (AvgIpc) is 2.82. The van der Waals surface area contributed by atoms with Gasteiger partial charge < -0.3 is 9.47 Å². The molecule has 3 heteroatoms. The van der Waals surface area contributed by atoms with E-state index in [4.69, 9.17) is 9.47 Å². The van der Waals surface area contributed by atoms with Crippen molar-refractivity contribution in [3.05, 3.63) is 52.1 Å². The van der Waals surface area contributed by atoms with Gasteiger partial charge in [0, 0.05) is 12.3 Å². The van der Waals surface area contributed by atoms with E-state index in [-0.39, 0.29) is 18.3 Å². The lowest BCUT2D eigenvalue weighted by atomic mass is 9.91. The van der Waals surface area contributed by atoms with Crippen LogP contribution in [0.5, 0.6) is 0 Å². The van der Waals surface area contributed by atoms with E-state index < -0.39 is 0 Å². The first-order chi connectivity index (χ1) is 9.78. The first-order valence-corrected chi connectivity index (χ1v) is 8.33. The summed E-state index contributed by atoms with van der Waals surface area (Å²) in [6.07, 6.45) is 8.22. The summed E-state index contributed by atoms with van der Waals surface area (Å²) in [6, 6.07) is 10.4. The van der Waals surface area contributed by atoms with Crippen molar-refractivity contribution in [3.63, 3.8) is 0 Å². The molecule has 2 nitrogen and oxygen atoms in total. The van der Waals surface area contributed by atoms with Crippen molar-refractivity contribution in [2.24, 2.45) is 5.92 Å². The Morgan fingerprint density at radius 1 is 1.05 bits per heavy atom. The van der Waals surface area contributed by atoms with Crippen molar-refractivity contribution in [3.8, 4) is 0 Å². The summed E-state index contributed by atoms with van der Waals surface area (Å²) in [6.45, 7) is 2.22. The van der Waals surface area contributed by atoms with Gasteiger partial charge in [0.2, 0.25) is 0 Å². The molecule has 0 saturated carbocycles. The molecule has 1 aromatic carbocycles. The zero-order valence-corrected chi connectivity index (χ0v) is 13.6. The molecule has 2 aliphatic rings. The highest BCUT2D eigenvalue weighted by molar-refractivity contribution is 14.1. The minimum atomic E-state index is 0.120. The Morgan fingerprint density at radius 2 is 1.80 bits per heavy atom. The van der Waals surface area contributed by atoms with E-state index in [1.807, 2.05) is 10.1 Å². The van der Waals surface area contributed by atoms with Crippen molar-refractivity contribution < 1.29 is 9.47 Å². The molecular weight excluding hydrogens is 363 g/mol. The number of hydrogen-bond acceptors (Lipinski definition) is 2. The number of rotatable bonds is 3. The lowest BCUT2D eigenvalue weighted by molar-refractivity contribution is -0.0403. The van der Waals surface area contributed by atoms with Gasteiger partial charge in [-0.3, -0.25) is 0 Å². The van der Waals surface area contributed by atoms with Gasteiger partial charge in [-0.1, -0.05) is 72.0 Å². The van der Waals surface area contributed by atoms with Crippen LogP contribution < -0.4 is 0 Å². The molecule has 0 radical (unpaired) electrons. The predicted molar refractivity (Wildman–Crippen MR) is 89.7 cm³/mol. The van der Waals surface area contributed by atoms with Crippen LogP contribution in [-0.2, 0) is 9.47 Å². The second-order valence-electron chi connectivity index (χ2n) is 5.46. The summed E-state index contributed by atoms with van der Waals surface area (Å²) in [5.41, 5.74) is 1.21. The molecule has 2 bridgehead atoms. The third kappa shape index (κ3) is 3.00. The van der Waals surface area contributed by atoms with E-state index in [0.29, 0.717) is 12.0 Å². The molecule has 0 amide bonds. The minimum Gasteiger partial charge on any atom is -0.368 e. The van der Waals surface area contributed by atoms with Gasteiger partial charge in [0.1, 0.15) is 6.10 Å². The molecule has 2 aliphatic heterocycles. The smallest absolute Gasteiger partial charge is 0.103 e. The summed E-state index contributed by atoms with van der Waals surface area (Å²) in [5.74, 6) is 0.402. The van der Waals surface area contributed by atoms with E-state index in [0.717, 1.165) is 6.42 Å². The fourth-order valence-corrected chi connectivity index (χ4v) is 3.36. The van der Waals surface area contributed by atoms with E-state index in [1.54, 1.807) is 0 Å². The molecule has 1 aromatic rings. The second-order valence-corrected chi connectivity index (χ2v) is 6.18. The van der Waals surface area contributed by atoms with E-state index in [9.17, 15) is 0 Å². The fourth-order valence-electron chi connectivity index (χ4n) is 2.95. The second kappa shape index (κ2) is 6.41. The van der Waals surface area contributed by atoms with Gasteiger partial charge in [-0.15, -0.1) is 0 Å². The van der Waals surface area contributed by atoms with Crippen LogP contribution in [0.25, 0.3) is 6.08 Å². The standard InChI is InChI=1S/C17H19IO2/c1-12-14(8-7-13-5-3-2-4-6-13)19-17-11-16(12)20-15(17)9-10-18/h2-10,12,14-17H,11H2,1H3/b8-7+,10-9+/t12-,14-,15+,16+,17+/m0/s1. The minimum absolute atomic E-state index is 0.120. The van der Waals surface area contributed by atoms with Gasteiger partial charge >= 0.3 is 0 Å². The molecular formula is C17H19IO2. The Morgan fingerprint density at radius 3 is 2.55 bits per heavy atom.